The van der Waals surface area contributed by atoms with E-state index >= 15 is 0 Å². The van der Waals surface area contributed by atoms with Gasteiger partial charge in [0.25, 0.3) is 0 Å². The number of piperidine rings is 1. The molecule has 14 heteroatoms. The molecule has 2 saturated heterocycles. The molecule has 0 radical (unpaired) electrons. The fraction of sp³-hybridized carbons (Fsp3) is 0.467. The Kier molecular flexibility index (Phi) is 10.2. The first-order valence-electron chi connectivity index (χ1n) is 14.5. The standard InChI is InChI=1S/C30H39N3O9S2/c34-18-25(19-35)32-43(37,38)28-7-3-6-27(15-28)41-21-26(36)17-31-24-16-30(42-20-24)10-12-33(13-11-30)44(39,40)29-9-8-22-4-1-2-5-23(22)14-29/h1-9,14-15,24-26,31-32,34-36H,10-13,16-21H2. The quantitative estimate of drug-likeness (QED) is 0.178. The summed E-state index contributed by atoms with van der Waals surface area (Å²) in [6, 6.07) is 17.6. The molecule has 240 valence electrons. The monoisotopic (exact) mass is 649 g/mol. The van der Waals surface area contributed by atoms with E-state index in [4.69, 9.17) is 19.7 Å². The van der Waals surface area contributed by atoms with Crippen molar-refractivity contribution < 1.29 is 41.6 Å². The number of aliphatic hydroxyl groups is 3. The number of nitrogens with zero attached hydrogens (tertiary/aromatic N) is 1. The third kappa shape index (κ3) is 7.58. The van der Waals surface area contributed by atoms with Crippen LogP contribution in [0.1, 0.15) is 19.3 Å². The van der Waals surface area contributed by atoms with Crippen molar-refractivity contribution in [2.45, 2.75) is 52.8 Å². The van der Waals surface area contributed by atoms with Crippen LogP contribution in [0, 0.1) is 0 Å². The molecule has 0 saturated carbocycles. The van der Waals surface area contributed by atoms with Gasteiger partial charge in [0.05, 0.1) is 41.3 Å². The Balaban J connectivity index is 1.08. The highest BCUT2D eigenvalue weighted by Gasteiger charge is 2.44. The molecule has 0 bridgehead atoms. The summed E-state index contributed by atoms with van der Waals surface area (Å²) in [6.45, 7) is 0.212. The molecule has 3 aromatic rings. The first-order chi connectivity index (χ1) is 21.0. The Bertz CT molecular complexity index is 1640. The van der Waals surface area contributed by atoms with Gasteiger partial charge < -0.3 is 30.1 Å². The lowest BCUT2D eigenvalue weighted by molar-refractivity contribution is -0.0312. The number of rotatable bonds is 13. The van der Waals surface area contributed by atoms with Crippen LogP contribution in [0.25, 0.3) is 10.8 Å². The van der Waals surface area contributed by atoms with Crippen LogP contribution < -0.4 is 14.8 Å². The molecule has 2 unspecified atom stereocenters. The molecule has 5 N–H and O–H groups in total. The number of hydrogen-bond acceptors (Lipinski definition) is 10. The van der Waals surface area contributed by atoms with Crippen LogP contribution in [0.5, 0.6) is 5.75 Å². The summed E-state index contributed by atoms with van der Waals surface area (Å²) in [5.41, 5.74) is -0.417. The van der Waals surface area contributed by atoms with E-state index in [1.54, 1.807) is 18.2 Å². The largest absolute Gasteiger partial charge is 0.491 e. The van der Waals surface area contributed by atoms with Crippen molar-refractivity contribution >= 4 is 30.8 Å². The summed E-state index contributed by atoms with van der Waals surface area (Å²) in [5.74, 6) is 0.241. The number of hydrogen-bond donors (Lipinski definition) is 5. The summed E-state index contributed by atoms with van der Waals surface area (Å²) in [5, 5.41) is 34.0. The van der Waals surface area contributed by atoms with Gasteiger partial charge in [0.1, 0.15) is 18.5 Å². The van der Waals surface area contributed by atoms with Gasteiger partial charge in [-0.05, 0) is 54.3 Å². The molecule has 0 amide bonds. The van der Waals surface area contributed by atoms with Crippen LogP contribution >= 0.6 is 0 Å². The molecule has 2 atom stereocenters. The van der Waals surface area contributed by atoms with Crippen molar-refractivity contribution in [1.82, 2.24) is 14.3 Å². The minimum absolute atomic E-state index is 0.0150. The van der Waals surface area contributed by atoms with Gasteiger partial charge in [-0.25, -0.2) is 21.6 Å². The second-order valence-corrected chi connectivity index (χ2v) is 15.0. The molecule has 1 spiro atoms. The summed E-state index contributed by atoms with van der Waals surface area (Å²) < 4.78 is 67.3. The smallest absolute Gasteiger partial charge is 0.243 e. The van der Waals surface area contributed by atoms with E-state index in [-0.39, 0.29) is 34.7 Å². The van der Waals surface area contributed by atoms with E-state index in [0.717, 1.165) is 10.8 Å². The van der Waals surface area contributed by atoms with Gasteiger partial charge >= 0.3 is 0 Å². The number of benzene rings is 3. The predicted octanol–water partition coefficient (Wildman–Crippen LogP) is 0.813. The van der Waals surface area contributed by atoms with Crippen molar-refractivity contribution in [2.75, 3.05) is 46.1 Å². The predicted molar refractivity (Wildman–Crippen MR) is 163 cm³/mol. The Labute approximate surface area is 257 Å². The highest BCUT2D eigenvalue weighted by molar-refractivity contribution is 7.89. The minimum Gasteiger partial charge on any atom is -0.491 e. The van der Waals surface area contributed by atoms with Crippen LogP contribution in [0.3, 0.4) is 0 Å². The first-order valence-corrected chi connectivity index (χ1v) is 17.5. The molecule has 5 rings (SSSR count). The van der Waals surface area contributed by atoms with Crippen LogP contribution in [0.15, 0.2) is 76.5 Å². The number of nitrogens with one attached hydrogen (secondary N) is 2. The molecule has 0 aromatic heterocycles. The van der Waals surface area contributed by atoms with Gasteiger partial charge in [-0.15, -0.1) is 0 Å². The summed E-state index contributed by atoms with van der Waals surface area (Å²) in [4.78, 5) is 0.191. The van der Waals surface area contributed by atoms with Gasteiger partial charge in [-0.3, -0.25) is 0 Å². The fourth-order valence-electron chi connectivity index (χ4n) is 5.64. The van der Waals surface area contributed by atoms with Crippen molar-refractivity contribution in [2.24, 2.45) is 0 Å². The number of fused-ring (bicyclic) bond motifs is 1. The van der Waals surface area contributed by atoms with Crippen LogP contribution in [0.4, 0.5) is 0 Å². The van der Waals surface area contributed by atoms with Crippen molar-refractivity contribution in [3.63, 3.8) is 0 Å². The molecular formula is C30H39N3O9S2. The van der Waals surface area contributed by atoms with Gasteiger partial charge in [-0.1, -0.05) is 36.4 Å². The normalized spacial score (nSPS) is 20.0. The van der Waals surface area contributed by atoms with Gasteiger partial charge in [-0.2, -0.15) is 4.31 Å². The van der Waals surface area contributed by atoms with E-state index in [1.165, 1.54) is 22.5 Å². The topological polar surface area (TPSA) is 175 Å². The zero-order valence-corrected chi connectivity index (χ0v) is 25.8. The first kappa shape index (κ1) is 32.7. The van der Waals surface area contributed by atoms with Crippen molar-refractivity contribution in [3.8, 4) is 5.75 Å². The van der Waals surface area contributed by atoms with E-state index in [0.29, 0.717) is 39.0 Å². The molecule has 0 aliphatic carbocycles. The molecule has 2 fully saturated rings. The molecular weight excluding hydrogens is 610 g/mol. The Morgan fingerprint density at radius 2 is 1.66 bits per heavy atom. The number of sulfonamides is 2. The van der Waals surface area contributed by atoms with E-state index < -0.39 is 51.0 Å². The lowest BCUT2D eigenvalue weighted by Crippen LogP contribution is -2.47. The average Bonchev–Trinajstić information content (AvgIpc) is 3.43. The third-order valence-electron chi connectivity index (χ3n) is 8.16. The molecule has 44 heavy (non-hydrogen) atoms. The van der Waals surface area contributed by atoms with E-state index in [1.807, 2.05) is 30.3 Å². The number of aliphatic hydroxyl groups excluding tert-OH is 3. The van der Waals surface area contributed by atoms with Crippen LogP contribution in [0.2, 0.25) is 0 Å². The highest BCUT2D eigenvalue weighted by atomic mass is 32.2. The molecule has 3 aromatic carbocycles. The van der Waals surface area contributed by atoms with Gasteiger partial charge in [0.15, 0.2) is 0 Å². The SMILES string of the molecule is O=S(=O)(NC(CO)CO)c1cccc(OCC(O)CNC2COC3(CCN(S(=O)(=O)c4ccc5ccccc5c4)CC3)C2)c1. The summed E-state index contributed by atoms with van der Waals surface area (Å²) >= 11 is 0. The van der Waals surface area contributed by atoms with E-state index in [2.05, 4.69) is 10.0 Å². The minimum atomic E-state index is -3.99. The van der Waals surface area contributed by atoms with Crippen LogP contribution in [-0.2, 0) is 24.8 Å². The fourth-order valence-corrected chi connectivity index (χ4v) is 8.37. The summed E-state index contributed by atoms with van der Waals surface area (Å²) in [7, 11) is -7.61. The second kappa shape index (κ2) is 13.8. The maximum Gasteiger partial charge on any atom is 0.243 e. The Morgan fingerprint density at radius 1 is 0.932 bits per heavy atom. The van der Waals surface area contributed by atoms with Gasteiger partial charge in [0, 0.05) is 31.7 Å². The number of ether oxygens (including phenoxy) is 2. The summed E-state index contributed by atoms with van der Waals surface area (Å²) in [6.07, 6.45) is 0.969. The maximum absolute atomic E-state index is 13.4. The highest BCUT2D eigenvalue weighted by Crippen LogP contribution is 2.37. The maximum atomic E-state index is 13.4. The zero-order valence-electron chi connectivity index (χ0n) is 24.2. The zero-order chi connectivity index (χ0) is 31.4. The molecule has 2 aliphatic rings. The lowest BCUT2D eigenvalue weighted by atomic mass is 9.88. The van der Waals surface area contributed by atoms with Gasteiger partial charge in [0.2, 0.25) is 20.0 Å². The molecule has 2 heterocycles. The molecule has 12 nitrogen and oxygen atoms in total. The van der Waals surface area contributed by atoms with Crippen LogP contribution in [-0.4, -0.2) is 106 Å². The Morgan fingerprint density at radius 3 is 2.39 bits per heavy atom. The molecule has 2 aliphatic heterocycles. The average molecular weight is 650 g/mol. The Hall–Kier alpha value is -2.66. The van der Waals surface area contributed by atoms with E-state index in [9.17, 15) is 21.9 Å². The van der Waals surface area contributed by atoms with Crippen molar-refractivity contribution in [1.29, 1.82) is 0 Å². The lowest BCUT2D eigenvalue weighted by Gasteiger charge is -2.38. The third-order valence-corrected chi connectivity index (χ3v) is 11.6. The second-order valence-electron chi connectivity index (χ2n) is 11.3. The van der Waals surface area contributed by atoms with Crippen molar-refractivity contribution in [3.05, 3.63) is 66.7 Å².